The predicted molar refractivity (Wildman–Crippen MR) is 69.3 cm³/mol. The average Bonchev–Trinajstić information content (AvgIpc) is 2.32. The van der Waals surface area contributed by atoms with Crippen LogP contribution < -0.4 is 4.90 Å². The normalized spacial score (nSPS) is 25.1. The molecule has 94 valence electrons. The number of aliphatic hydroxyl groups is 1. The standard InChI is InChI=1S/C14H21NO2/c1-10-4-5-14(13(6-10)8-16)15-7-12(3)17-9-11(15)2/h4-6,11-12,16H,7-9H2,1-3H3. The van der Waals surface area contributed by atoms with Crippen LogP contribution in [0.25, 0.3) is 0 Å². The monoisotopic (exact) mass is 235 g/mol. The summed E-state index contributed by atoms with van der Waals surface area (Å²) in [6.07, 6.45) is 0.249. The Hall–Kier alpha value is -1.06. The first-order chi connectivity index (χ1) is 8.11. The Labute approximate surface area is 103 Å². The van der Waals surface area contributed by atoms with Gasteiger partial charge in [0.05, 0.1) is 19.3 Å². The van der Waals surface area contributed by atoms with E-state index in [2.05, 4.69) is 36.9 Å². The molecule has 1 saturated heterocycles. The molecule has 0 amide bonds. The second kappa shape index (κ2) is 5.07. The minimum absolute atomic E-state index is 0.0927. The zero-order valence-corrected chi connectivity index (χ0v) is 10.8. The molecule has 0 aliphatic carbocycles. The molecule has 1 aromatic carbocycles. The molecule has 2 rings (SSSR count). The number of morpholine rings is 1. The number of anilines is 1. The Morgan fingerprint density at radius 3 is 2.88 bits per heavy atom. The van der Waals surface area contributed by atoms with Crippen LogP contribution in [-0.2, 0) is 11.3 Å². The number of benzene rings is 1. The number of hydrogen-bond donors (Lipinski definition) is 1. The third-order valence-corrected chi connectivity index (χ3v) is 3.32. The second-order valence-corrected chi connectivity index (χ2v) is 4.94. The molecular formula is C14H21NO2. The van der Waals surface area contributed by atoms with E-state index in [1.165, 1.54) is 5.56 Å². The summed E-state index contributed by atoms with van der Waals surface area (Å²) in [5.74, 6) is 0. The van der Waals surface area contributed by atoms with Crippen LogP contribution in [0.1, 0.15) is 25.0 Å². The Morgan fingerprint density at radius 2 is 2.18 bits per heavy atom. The number of hydrogen-bond acceptors (Lipinski definition) is 3. The lowest BCUT2D eigenvalue weighted by atomic mass is 10.1. The Bertz CT molecular complexity index is 392. The third-order valence-electron chi connectivity index (χ3n) is 3.32. The molecule has 17 heavy (non-hydrogen) atoms. The molecule has 0 bridgehead atoms. The van der Waals surface area contributed by atoms with Gasteiger partial charge in [-0.25, -0.2) is 0 Å². The van der Waals surface area contributed by atoms with Crippen molar-refractivity contribution in [1.29, 1.82) is 0 Å². The SMILES string of the molecule is Cc1ccc(N2CC(C)OCC2C)c(CO)c1. The van der Waals surface area contributed by atoms with Gasteiger partial charge in [0.1, 0.15) is 0 Å². The van der Waals surface area contributed by atoms with Gasteiger partial charge in [-0.05, 0) is 26.8 Å². The molecule has 1 N–H and O–H groups in total. The molecule has 1 aliphatic rings. The van der Waals surface area contributed by atoms with E-state index in [4.69, 9.17) is 4.74 Å². The molecule has 1 fully saturated rings. The topological polar surface area (TPSA) is 32.7 Å². The van der Waals surface area contributed by atoms with E-state index in [0.717, 1.165) is 24.4 Å². The van der Waals surface area contributed by atoms with Crippen molar-refractivity contribution < 1.29 is 9.84 Å². The molecule has 1 aliphatic heterocycles. The van der Waals surface area contributed by atoms with Crippen molar-refractivity contribution >= 4 is 5.69 Å². The highest BCUT2D eigenvalue weighted by Gasteiger charge is 2.24. The van der Waals surface area contributed by atoms with Crippen molar-refractivity contribution in [1.82, 2.24) is 0 Å². The minimum Gasteiger partial charge on any atom is -0.392 e. The van der Waals surface area contributed by atoms with Gasteiger partial charge < -0.3 is 14.7 Å². The second-order valence-electron chi connectivity index (χ2n) is 4.94. The lowest BCUT2D eigenvalue weighted by Gasteiger charge is -2.39. The van der Waals surface area contributed by atoms with Crippen molar-refractivity contribution in [2.75, 3.05) is 18.1 Å². The number of nitrogens with zero attached hydrogens (tertiary/aromatic N) is 1. The first-order valence-corrected chi connectivity index (χ1v) is 6.20. The van der Waals surface area contributed by atoms with Gasteiger partial charge >= 0.3 is 0 Å². The zero-order valence-electron chi connectivity index (χ0n) is 10.8. The predicted octanol–water partition coefficient (Wildman–Crippen LogP) is 2.10. The zero-order chi connectivity index (χ0) is 12.4. The van der Waals surface area contributed by atoms with Crippen LogP contribution in [0.4, 0.5) is 5.69 Å². The van der Waals surface area contributed by atoms with E-state index in [0.29, 0.717) is 6.04 Å². The molecule has 2 atom stereocenters. The number of aryl methyl sites for hydroxylation is 1. The first-order valence-electron chi connectivity index (χ1n) is 6.20. The summed E-state index contributed by atoms with van der Waals surface area (Å²) >= 11 is 0. The van der Waals surface area contributed by atoms with E-state index < -0.39 is 0 Å². The Kier molecular flexibility index (Phi) is 3.69. The maximum absolute atomic E-state index is 9.47. The van der Waals surface area contributed by atoms with Crippen LogP contribution in [0.2, 0.25) is 0 Å². The van der Waals surface area contributed by atoms with E-state index in [1.807, 2.05) is 6.92 Å². The van der Waals surface area contributed by atoms with Crippen molar-refractivity contribution in [3.8, 4) is 0 Å². The summed E-state index contributed by atoms with van der Waals surface area (Å²) in [6.45, 7) is 8.03. The molecule has 3 heteroatoms. The number of aliphatic hydroxyl groups excluding tert-OH is 1. The van der Waals surface area contributed by atoms with E-state index in [9.17, 15) is 5.11 Å². The number of ether oxygens (including phenoxy) is 1. The van der Waals surface area contributed by atoms with Gasteiger partial charge in [0.2, 0.25) is 0 Å². The highest BCUT2D eigenvalue weighted by molar-refractivity contribution is 5.56. The molecule has 3 nitrogen and oxygen atoms in total. The van der Waals surface area contributed by atoms with Crippen LogP contribution in [-0.4, -0.2) is 30.4 Å². The molecule has 1 heterocycles. The molecule has 1 aromatic rings. The first kappa shape index (κ1) is 12.4. The van der Waals surface area contributed by atoms with Crippen LogP contribution in [0, 0.1) is 6.92 Å². The van der Waals surface area contributed by atoms with Crippen molar-refractivity contribution in [3.05, 3.63) is 29.3 Å². The summed E-state index contributed by atoms with van der Waals surface area (Å²) in [6, 6.07) is 6.62. The van der Waals surface area contributed by atoms with Crippen LogP contribution >= 0.6 is 0 Å². The van der Waals surface area contributed by atoms with Crippen LogP contribution in [0.3, 0.4) is 0 Å². The summed E-state index contributed by atoms with van der Waals surface area (Å²) in [5, 5.41) is 9.47. The van der Waals surface area contributed by atoms with Crippen LogP contribution in [0.5, 0.6) is 0 Å². The Balaban J connectivity index is 2.31. The van der Waals surface area contributed by atoms with Crippen molar-refractivity contribution in [2.24, 2.45) is 0 Å². The van der Waals surface area contributed by atoms with Gasteiger partial charge in [-0.15, -0.1) is 0 Å². The van der Waals surface area contributed by atoms with E-state index >= 15 is 0 Å². The highest BCUT2D eigenvalue weighted by Crippen LogP contribution is 2.26. The summed E-state index contributed by atoms with van der Waals surface area (Å²) in [4.78, 5) is 2.33. The highest BCUT2D eigenvalue weighted by atomic mass is 16.5. The minimum atomic E-state index is 0.0927. The molecule has 0 aromatic heterocycles. The number of rotatable bonds is 2. The van der Waals surface area contributed by atoms with Gasteiger partial charge in [0.15, 0.2) is 0 Å². The molecular weight excluding hydrogens is 214 g/mol. The molecule has 2 unspecified atom stereocenters. The van der Waals surface area contributed by atoms with Crippen molar-refractivity contribution in [2.45, 2.75) is 39.5 Å². The largest absolute Gasteiger partial charge is 0.392 e. The maximum Gasteiger partial charge on any atom is 0.0723 e. The van der Waals surface area contributed by atoms with Gasteiger partial charge in [0.25, 0.3) is 0 Å². The summed E-state index contributed by atoms with van der Waals surface area (Å²) in [5.41, 5.74) is 3.33. The average molecular weight is 235 g/mol. The maximum atomic E-state index is 9.47. The summed E-state index contributed by atoms with van der Waals surface area (Å²) < 4.78 is 5.63. The van der Waals surface area contributed by atoms with E-state index in [1.54, 1.807) is 0 Å². The summed E-state index contributed by atoms with van der Waals surface area (Å²) in [7, 11) is 0. The smallest absolute Gasteiger partial charge is 0.0723 e. The van der Waals surface area contributed by atoms with E-state index in [-0.39, 0.29) is 12.7 Å². The van der Waals surface area contributed by atoms with Gasteiger partial charge in [-0.1, -0.05) is 17.7 Å². The molecule has 0 spiro atoms. The lowest BCUT2D eigenvalue weighted by Crippen LogP contribution is -2.47. The fourth-order valence-corrected chi connectivity index (χ4v) is 2.36. The fourth-order valence-electron chi connectivity index (χ4n) is 2.36. The molecule has 0 saturated carbocycles. The van der Waals surface area contributed by atoms with Gasteiger partial charge in [-0.3, -0.25) is 0 Å². The van der Waals surface area contributed by atoms with Crippen LogP contribution in [0.15, 0.2) is 18.2 Å². The third kappa shape index (κ3) is 2.61. The fraction of sp³-hybridized carbons (Fsp3) is 0.571. The lowest BCUT2D eigenvalue weighted by molar-refractivity contribution is 0.0342. The molecule has 0 radical (unpaired) electrons. The quantitative estimate of drug-likeness (QED) is 0.852. The van der Waals surface area contributed by atoms with Gasteiger partial charge in [-0.2, -0.15) is 0 Å². The van der Waals surface area contributed by atoms with Crippen molar-refractivity contribution in [3.63, 3.8) is 0 Å². The van der Waals surface area contributed by atoms with Gasteiger partial charge in [0, 0.05) is 23.8 Å². The Morgan fingerprint density at radius 1 is 1.41 bits per heavy atom.